The fourth-order valence-corrected chi connectivity index (χ4v) is 5.15. The topological polar surface area (TPSA) is 102 Å². The van der Waals surface area contributed by atoms with E-state index < -0.39 is 35.4 Å². The summed E-state index contributed by atoms with van der Waals surface area (Å²) < 4.78 is 11.9. The Morgan fingerprint density at radius 2 is 1.77 bits per heavy atom. The van der Waals surface area contributed by atoms with Crippen LogP contribution in [0.15, 0.2) is 59.5 Å². The van der Waals surface area contributed by atoms with Gasteiger partial charge >= 0.3 is 11.9 Å². The van der Waals surface area contributed by atoms with Gasteiger partial charge in [-0.2, -0.15) is 0 Å². The summed E-state index contributed by atoms with van der Waals surface area (Å²) in [6, 6.07) is 13.9. The molecule has 1 aliphatic heterocycles. The summed E-state index contributed by atoms with van der Waals surface area (Å²) in [5, 5.41) is 3.38. The highest BCUT2D eigenvalue weighted by atomic mass is 16.5. The van der Waals surface area contributed by atoms with Crippen molar-refractivity contribution in [2.75, 3.05) is 33.2 Å². The van der Waals surface area contributed by atoms with E-state index in [1.54, 1.807) is 43.4 Å². The second-order valence-corrected chi connectivity index (χ2v) is 9.06. The van der Waals surface area contributed by atoms with Crippen molar-refractivity contribution < 1.29 is 19.1 Å². The van der Waals surface area contributed by atoms with Gasteiger partial charge < -0.3 is 14.4 Å². The summed E-state index contributed by atoms with van der Waals surface area (Å²) in [7, 11) is 6.20. The van der Waals surface area contributed by atoms with Crippen molar-refractivity contribution in [2.24, 2.45) is 11.8 Å². The molecule has 9 heteroatoms. The highest BCUT2D eigenvalue weighted by molar-refractivity contribution is 5.86. The fourth-order valence-electron chi connectivity index (χ4n) is 5.15. The average Bonchev–Trinajstić information content (AvgIpc) is 3.15. The largest absolute Gasteiger partial charge is 0.469 e. The first-order valence-corrected chi connectivity index (χ1v) is 11.4. The van der Waals surface area contributed by atoms with Gasteiger partial charge in [-0.25, -0.2) is 4.98 Å². The van der Waals surface area contributed by atoms with E-state index >= 15 is 0 Å². The minimum atomic E-state index is -1.27. The number of benzene rings is 1. The van der Waals surface area contributed by atoms with Gasteiger partial charge in [-0.05, 0) is 17.7 Å². The summed E-state index contributed by atoms with van der Waals surface area (Å²) in [5.74, 6) is -2.00. The minimum absolute atomic E-state index is 0.269. The standard InChI is InChI=1S/C26H30N4O5/c1-16-19(24(32)34-4)21(28-26(16,25(33)35-5)15-17-11-7-6-8-12-17)20-22(29(2)3)27-18-13-9-10-14-30(18)23(20)31/h6-14,16,19,21,28H,15H2,1-5H3/t16-,19-,21+,26-/m1/s1. The van der Waals surface area contributed by atoms with Crippen molar-refractivity contribution in [3.05, 3.63) is 76.2 Å². The van der Waals surface area contributed by atoms with Gasteiger partial charge in [-0.1, -0.05) is 43.3 Å². The van der Waals surface area contributed by atoms with Crippen LogP contribution in [0.3, 0.4) is 0 Å². The Bertz CT molecular complexity index is 1310. The molecule has 3 heterocycles. The van der Waals surface area contributed by atoms with Crippen LogP contribution in [0.5, 0.6) is 0 Å². The number of ether oxygens (including phenoxy) is 2. The van der Waals surface area contributed by atoms with Gasteiger partial charge in [0.2, 0.25) is 0 Å². The number of nitrogens with one attached hydrogen (secondary N) is 1. The van der Waals surface area contributed by atoms with Crippen LogP contribution in [0.1, 0.15) is 24.1 Å². The molecule has 2 aromatic heterocycles. The SMILES string of the molecule is COC(=O)[C@H]1[C@@H](c2c(N(C)C)nc3ccccn3c2=O)N[C@@](Cc2ccccc2)(C(=O)OC)[C@@H]1C. The summed E-state index contributed by atoms with van der Waals surface area (Å²) in [4.78, 5) is 46.8. The van der Waals surface area contributed by atoms with Crippen molar-refractivity contribution in [3.63, 3.8) is 0 Å². The minimum Gasteiger partial charge on any atom is -0.469 e. The van der Waals surface area contributed by atoms with E-state index in [1.807, 2.05) is 37.3 Å². The summed E-state index contributed by atoms with van der Waals surface area (Å²) >= 11 is 0. The smallest absolute Gasteiger partial charge is 0.326 e. The van der Waals surface area contributed by atoms with Crippen LogP contribution in [-0.2, 0) is 25.5 Å². The molecule has 0 radical (unpaired) electrons. The van der Waals surface area contributed by atoms with Gasteiger partial charge in [0.05, 0.1) is 31.7 Å². The number of pyridine rings is 1. The van der Waals surface area contributed by atoms with E-state index in [1.165, 1.54) is 18.6 Å². The van der Waals surface area contributed by atoms with Gasteiger partial charge in [0.25, 0.3) is 5.56 Å². The molecule has 1 saturated heterocycles. The molecule has 1 aromatic carbocycles. The molecule has 4 atom stereocenters. The Morgan fingerprint density at radius 1 is 1.09 bits per heavy atom. The lowest BCUT2D eigenvalue weighted by Gasteiger charge is -2.32. The van der Waals surface area contributed by atoms with E-state index in [-0.39, 0.29) is 12.0 Å². The number of fused-ring (bicyclic) bond motifs is 1. The predicted molar refractivity (Wildman–Crippen MR) is 131 cm³/mol. The first-order chi connectivity index (χ1) is 16.7. The molecule has 4 rings (SSSR count). The third kappa shape index (κ3) is 4.05. The van der Waals surface area contributed by atoms with E-state index in [0.29, 0.717) is 17.0 Å². The lowest BCUT2D eigenvalue weighted by atomic mass is 9.76. The number of carbonyl (C=O) groups is 2. The van der Waals surface area contributed by atoms with Gasteiger partial charge in [-0.3, -0.25) is 24.1 Å². The molecule has 184 valence electrons. The van der Waals surface area contributed by atoms with Gasteiger partial charge in [0.15, 0.2) is 0 Å². The first-order valence-electron chi connectivity index (χ1n) is 11.4. The lowest BCUT2D eigenvalue weighted by Crippen LogP contribution is -2.55. The van der Waals surface area contributed by atoms with Gasteiger partial charge in [0.1, 0.15) is 17.0 Å². The molecular formula is C26H30N4O5. The molecule has 35 heavy (non-hydrogen) atoms. The van der Waals surface area contributed by atoms with Crippen molar-refractivity contribution >= 4 is 23.4 Å². The van der Waals surface area contributed by atoms with Crippen LogP contribution >= 0.6 is 0 Å². The molecule has 0 bridgehead atoms. The van der Waals surface area contributed by atoms with Crippen molar-refractivity contribution in [3.8, 4) is 0 Å². The molecule has 1 N–H and O–H groups in total. The molecule has 3 aromatic rings. The zero-order chi connectivity index (χ0) is 25.3. The zero-order valence-corrected chi connectivity index (χ0v) is 20.5. The van der Waals surface area contributed by atoms with Gasteiger partial charge in [-0.15, -0.1) is 0 Å². The monoisotopic (exact) mass is 478 g/mol. The number of aromatic nitrogens is 2. The Balaban J connectivity index is 1.96. The highest BCUT2D eigenvalue weighted by Gasteiger charge is 2.60. The van der Waals surface area contributed by atoms with E-state index in [2.05, 4.69) is 5.32 Å². The number of rotatable bonds is 6. The number of methoxy groups -OCH3 is 2. The number of esters is 2. The third-order valence-corrected chi connectivity index (χ3v) is 6.92. The number of hydrogen-bond acceptors (Lipinski definition) is 8. The number of hydrogen-bond donors (Lipinski definition) is 1. The summed E-state index contributed by atoms with van der Waals surface area (Å²) in [6.07, 6.45) is 1.90. The molecule has 1 fully saturated rings. The van der Waals surface area contributed by atoms with Crippen LogP contribution in [0.25, 0.3) is 5.65 Å². The molecule has 0 unspecified atom stereocenters. The zero-order valence-electron chi connectivity index (χ0n) is 20.5. The Labute approximate surface area is 203 Å². The maximum absolute atomic E-state index is 13.8. The van der Waals surface area contributed by atoms with Crippen LogP contribution in [0.4, 0.5) is 5.82 Å². The average molecular weight is 479 g/mol. The quantitative estimate of drug-likeness (QED) is 0.537. The summed E-state index contributed by atoms with van der Waals surface area (Å²) in [5.41, 5.74) is 0.0706. The number of nitrogens with zero attached hydrogens (tertiary/aromatic N) is 3. The molecule has 0 amide bonds. The van der Waals surface area contributed by atoms with Gasteiger partial charge in [0, 0.05) is 32.6 Å². The Kier molecular flexibility index (Phi) is 6.62. The van der Waals surface area contributed by atoms with E-state index in [0.717, 1.165) is 5.56 Å². The third-order valence-electron chi connectivity index (χ3n) is 6.92. The molecular weight excluding hydrogens is 448 g/mol. The van der Waals surface area contributed by atoms with Crippen molar-refractivity contribution in [1.29, 1.82) is 0 Å². The number of anilines is 1. The Hall–Kier alpha value is -3.72. The Morgan fingerprint density at radius 3 is 2.40 bits per heavy atom. The number of carbonyl (C=O) groups excluding carboxylic acids is 2. The van der Waals surface area contributed by atoms with E-state index in [4.69, 9.17) is 14.5 Å². The van der Waals surface area contributed by atoms with Crippen LogP contribution in [0.2, 0.25) is 0 Å². The van der Waals surface area contributed by atoms with Crippen LogP contribution in [0, 0.1) is 11.8 Å². The highest BCUT2D eigenvalue weighted by Crippen LogP contribution is 2.46. The van der Waals surface area contributed by atoms with E-state index in [9.17, 15) is 14.4 Å². The van der Waals surface area contributed by atoms with Crippen molar-refractivity contribution in [2.45, 2.75) is 24.9 Å². The lowest BCUT2D eigenvalue weighted by molar-refractivity contribution is -0.151. The normalized spacial score (nSPS) is 23.7. The van der Waals surface area contributed by atoms with Crippen LogP contribution < -0.4 is 15.8 Å². The maximum Gasteiger partial charge on any atom is 0.326 e. The predicted octanol–water partition coefficient (Wildman–Crippen LogP) is 1.98. The molecule has 0 aliphatic carbocycles. The second-order valence-electron chi connectivity index (χ2n) is 9.06. The summed E-state index contributed by atoms with van der Waals surface area (Å²) in [6.45, 7) is 1.82. The first kappa shape index (κ1) is 24.4. The molecule has 0 spiro atoms. The molecule has 1 aliphatic rings. The fraction of sp³-hybridized carbons (Fsp3) is 0.385. The maximum atomic E-state index is 13.8. The molecule has 0 saturated carbocycles. The molecule has 9 nitrogen and oxygen atoms in total. The van der Waals surface area contributed by atoms with Crippen LogP contribution in [-0.4, -0.2) is 55.2 Å². The second kappa shape index (κ2) is 9.50. The van der Waals surface area contributed by atoms with Crippen molar-refractivity contribution in [1.82, 2.24) is 14.7 Å².